The van der Waals surface area contributed by atoms with E-state index in [1.807, 2.05) is 0 Å². The smallest absolute Gasteiger partial charge is 0.324 e. The van der Waals surface area contributed by atoms with Crippen LogP contribution in [0.25, 0.3) is 0 Å². The Balaban J connectivity index is 1.86. The van der Waals surface area contributed by atoms with E-state index < -0.39 is 46.6 Å². The van der Waals surface area contributed by atoms with E-state index in [4.69, 9.17) is 10.5 Å². The zero-order valence-electron chi connectivity index (χ0n) is 13.9. The number of hydrogen-bond acceptors (Lipinski definition) is 5. The predicted octanol–water partition coefficient (Wildman–Crippen LogP) is 0.773. The van der Waals surface area contributed by atoms with Crippen LogP contribution in [-0.4, -0.2) is 40.7 Å². The standard InChI is InChI=1S/C17H20N2O6/c1-16-11(12(16)14(21)22)10(7-17(16,18)15(23)24)13(20)19-8-4-3-5-9(6-8)25-2/h3-6,10-12H,7,18H2,1-2H3,(H,19,20)(H,21,22)(H,23,24)/t10-,11-,12-,16-,17-/m0/s1. The molecule has 0 heterocycles. The summed E-state index contributed by atoms with van der Waals surface area (Å²) < 4.78 is 5.09. The fraction of sp³-hybridized carbons (Fsp3) is 0.471. The van der Waals surface area contributed by atoms with Gasteiger partial charge in [-0.25, -0.2) is 0 Å². The van der Waals surface area contributed by atoms with E-state index in [0.29, 0.717) is 11.4 Å². The summed E-state index contributed by atoms with van der Waals surface area (Å²) in [7, 11) is 1.50. The summed E-state index contributed by atoms with van der Waals surface area (Å²) in [6.07, 6.45) is -0.0942. The Hall–Kier alpha value is -2.61. The molecule has 0 radical (unpaired) electrons. The first-order valence-corrected chi connectivity index (χ1v) is 7.87. The Morgan fingerprint density at radius 3 is 2.56 bits per heavy atom. The van der Waals surface area contributed by atoms with Crippen LogP contribution in [0.5, 0.6) is 5.75 Å². The topological polar surface area (TPSA) is 139 Å². The second-order valence-corrected chi connectivity index (χ2v) is 6.93. The molecule has 5 atom stereocenters. The van der Waals surface area contributed by atoms with Crippen molar-refractivity contribution in [1.29, 1.82) is 0 Å². The number of amides is 1. The number of nitrogens with one attached hydrogen (secondary N) is 1. The van der Waals surface area contributed by atoms with Gasteiger partial charge < -0.3 is 26.0 Å². The average Bonchev–Trinajstić information content (AvgIpc) is 3.12. The van der Waals surface area contributed by atoms with Crippen molar-refractivity contribution in [3.05, 3.63) is 24.3 Å². The maximum atomic E-state index is 12.7. The summed E-state index contributed by atoms with van der Waals surface area (Å²) in [6, 6.07) is 6.72. The summed E-state index contributed by atoms with van der Waals surface area (Å²) in [5.41, 5.74) is 3.67. The van der Waals surface area contributed by atoms with Crippen LogP contribution in [0.1, 0.15) is 13.3 Å². The minimum Gasteiger partial charge on any atom is -0.497 e. The van der Waals surface area contributed by atoms with Gasteiger partial charge in [-0.3, -0.25) is 14.4 Å². The number of carboxylic acids is 2. The number of aliphatic carboxylic acids is 2. The van der Waals surface area contributed by atoms with Crippen LogP contribution in [0.4, 0.5) is 5.69 Å². The number of methoxy groups -OCH3 is 1. The number of ether oxygens (including phenoxy) is 1. The van der Waals surface area contributed by atoms with Crippen molar-refractivity contribution in [2.24, 2.45) is 28.9 Å². The van der Waals surface area contributed by atoms with Crippen molar-refractivity contribution < 1.29 is 29.3 Å². The highest BCUT2D eigenvalue weighted by Gasteiger charge is 2.83. The number of carbonyl (C=O) groups is 3. The van der Waals surface area contributed by atoms with Gasteiger partial charge in [-0.2, -0.15) is 0 Å². The Bertz CT molecular complexity index is 765. The quantitative estimate of drug-likeness (QED) is 0.616. The lowest BCUT2D eigenvalue weighted by Crippen LogP contribution is -2.55. The predicted molar refractivity (Wildman–Crippen MR) is 87.0 cm³/mol. The normalized spacial score (nSPS) is 35.6. The lowest BCUT2D eigenvalue weighted by molar-refractivity contribution is -0.148. The minimum absolute atomic E-state index is 0.0942. The molecular formula is C17H20N2O6. The van der Waals surface area contributed by atoms with Crippen LogP contribution in [0, 0.1) is 23.2 Å². The van der Waals surface area contributed by atoms with Gasteiger partial charge in [-0.15, -0.1) is 0 Å². The highest BCUT2D eigenvalue weighted by molar-refractivity contribution is 5.97. The molecule has 1 aromatic carbocycles. The van der Waals surface area contributed by atoms with Crippen molar-refractivity contribution in [3.63, 3.8) is 0 Å². The monoisotopic (exact) mass is 348 g/mol. The van der Waals surface area contributed by atoms with Crippen LogP contribution < -0.4 is 15.8 Å². The third-order valence-electron chi connectivity index (χ3n) is 5.85. The second-order valence-electron chi connectivity index (χ2n) is 6.93. The van der Waals surface area contributed by atoms with Crippen LogP contribution in [0.15, 0.2) is 24.3 Å². The van der Waals surface area contributed by atoms with Gasteiger partial charge in [0.15, 0.2) is 0 Å². The first kappa shape index (κ1) is 17.2. The SMILES string of the molecule is COc1cccc(NC(=O)[C@H]2C[C@](N)(C(=O)O)[C@@]3(C)[C@@H]2[C@H]3C(=O)O)c1. The molecule has 0 saturated heterocycles. The summed E-state index contributed by atoms with van der Waals surface area (Å²) in [5, 5.41) is 21.6. The number of rotatable bonds is 5. The molecule has 0 bridgehead atoms. The van der Waals surface area contributed by atoms with E-state index >= 15 is 0 Å². The number of carboxylic acid groups (broad SMARTS) is 2. The molecule has 0 unspecified atom stereocenters. The molecule has 8 nitrogen and oxygen atoms in total. The molecule has 3 rings (SSSR count). The molecule has 0 aromatic heterocycles. The Morgan fingerprint density at radius 2 is 2.00 bits per heavy atom. The molecule has 2 saturated carbocycles. The van der Waals surface area contributed by atoms with E-state index in [-0.39, 0.29) is 6.42 Å². The van der Waals surface area contributed by atoms with Gasteiger partial charge >= 0.3 is 11.9 Å². The molecule has 0 spiro atoms. The number of benzene rings is 1. The highest BCUT2D eigenvalue weighted by atomic mass is 16.5. The number of carbonyl (C=O) groups excluding carboxylic acids is 1. The van der Waals surface area contributed by atoms with E-state index in [1.165, 1.54) is 7.11 Å². The lowest BCUT2D eigenvalue weighted by Gasteiger charge is -2.29. The van der Waals surface area contributed by atoms with Gasteiger partial charge in [0.1, 0.15) is 11.3 Å². The first-order chi connectivity index (χ1) is 11.7. The minimum atomic E-state index is -1.74. The first-order valence-electron chi connectivity index (χ1n) is 7.87. The van der Waals surface area contributed by atoms with Crippen molar-refractivity contribution in [2.45, 2.75) is 18.9 Å². The highest BCUT2D eigenvalue weighted by Crippen LogP contribution is 2.73. The van der Waals surface area contributed by atoms with Crippen molar-refractivity contribution in [3.8, 4) is 5.75 Å². The Morgan fingerprint density at radius 1 is 1.32 bits per heavy atom. The molecule has 2 aliphatic carbocycles. The van der Waals surface area contributed by atoms with Gasteiger partial charge in [0.05, 0.1) is 13.0 Å². The van der Waals surface area contributed by atoms with Crippen molar-refractivity contribution in [2.75, 3.05) is 12.4 Å². The van der Waals surface area contributed by atoms with Crippen molar-refractivity contribution in [1.82, 2.24) is 0 Å². The lowest BCUT2D eigenvalue weighted by atomic mass is 9.80. The van der Waals surface area contributed by atoms with Gasteiger partial charge in [-0.1, -0.05) is 13.0 Å². The molecule has 134 valence electrons. The number of hydrogen-bond donors (Lipinski definition) is 4. The van der Waals surface area contributed by atoms with E-state index in [1.54, 1.807) is 31.2 Å². The largest absolute Gasteiger partial charge is 0.497 e. The second kappa shape index (κ2) is 5.45. The van der Waals surface area contributed by atoms with Crippen LogP contribution >= 0.6 is 0 Å². The third kappa shape index (κ3) is 2.28. The molecule has 8 heteroatoms. The van der Waals surface area contributed by atoms with Gasteiger partial charge in [-0.05, 0) is 24.5 Å². The van der Waals surface area contributed by atoms with Gasteiger partial charge in [0.2, 0.25) is 5.91 Å². The molecule has 0 aliphatic heterocycles. The molecule has 2 aliphatic rings. The van der Waals surface area contributed by atoms with E-state index in [9.17, 15) is 24.6 Å². The van der Waals surface area contributed by atoms with Gasteiger partial charge in [0.25, 0.3) is 0 Å². The molecule has 2 fully saturated rings. The van der Waals surface area contributed by atoms with Crippen molar-refractivity contribution >= 4 is 23.5 Å². The summed E-state index contributed by atoms with van der Waals surface area (Å²) in [4.78, 5) is 35.9. The van der Waals surface area contributed by atoms with Gasteiger partial charge in [0, 0.05) is 23.1 Å². The maximum absolute atomic E-state index is 12.7. The van der Waals surface area contributed by atoms with E-state index in [0.717, 1.165) is 0 Å². The summed E-state index contributed by atoms with van der Waals surface area (Å²) in [6.45, 7) is 1.55. The van der Waals surface area contributed by atoms with E-state index in [2.05, 4.69) is 5.32 Å². The number of nitrogens with two attached hydrogens (primary N) is 1. The fourth-order valence-corrected chi connectivity index (χ4v) is 4.38. The zero-order valence-corrected chi connectivity index (χ0v) is 13.9. The number of fused-ring (bicyclic) bond motifs is 1. The molecule has 1 amide bonds. The maximum Gasteiger partial charge on any atom is 0.324 e. The van der Waals surface area contributed by atoms with Crippen LogP contribution in [0.3, 0.4) is 0 Å². The van der Waals surface area contributed by atoms with Crippen LogP contribution in [0.2, 0.25) is 0 Å². The third-order valence-corrected chi connectivity index (χ3v) is 5.85. The molecular weight excluding hydrogens is 328 g/mol. The Labute approximate surface area is 144 Å². The van der Waals surface area contributed by atoms with Crippen LogP contribution in [-0.2, 0) is 14.4 Å². The molecule has 1 aromatic rings. The fourth-order valence-electron chi connectivity index (χ4n) is 4.38. The molecule has 25 heavy (non-hydrogen) atoms. The summed E-state index contributed by atoms with van der Waals surface area (Å²) in [5.74, 6) is -4.59. The Kier molecular flexibility index (Phi) is 3.75. The molecule has 5 N–H and O–H groups in total. The number of anilines is 1. The zero-order chi connectivity index (χ0) is 18.6. The average molecular weight is 348 g/mol. The summed E-state index contributed by atoms with van der Waals surface area (Å²) >= 11 is 0.